The maximum atomic E-state index is 12.0. The SMILES string of the molecule is CN(C)C(=O)c1ccc(NC(=O)COC(=O)CCc2c[nH]c3ccccc23)cc1. The van der Waals surface area contributed by atoms with E-state index in [1.54, 1.807) is 38.4 Å². The molecule has 0 atom stereocenters. The van der Waals surface area contributed by atoms with Crippen molar-refractivity contribution in [2.75, 3.05) is 26.0 Å². The van der Waals surface area contributed by atoms with E-state index < -0.39 is 11.9 Å². The topological polar surface area (TPSA) is 91.5 Å². The number of fused-ring (bicyclic) bond motifs is 1. The number of anilines is 1. The van der Waals surface area contributed by atoms with E-state index in [9.17, 15) is 14.4 Å². The number of aromatic nitrogens is 1. The van der Waals surface area contributed by atoms with Crippen molar-refractivity contribution in [2.24, 2.45) is 0 Å². The maximum Gasteiger partial charge on any atom is 0.306 e. The molecule has 1 aromatic heterocycles. The summed E-state index contributed by atoms with van der Waals surface area (Å²) in [6.07, 6.45) is 2.61. The van der Waals surface area contributed by atoms with Gasteiger partial charge in [-0.3, -0.25) is 14.4 Å². The fourth-order valence-electron chi connectivity index (χ4n) is 2.94. The summed E-state index contributed by atoms with van der Waals surface area (Å²) in [4.78, 5) is 40.4. The second-order valence-electron chi connectivity index (χ2n) is 6.85. The molecule has 0 spiro atoms. The smallest absolute Gasteiger partial charge is 0.306 e. The predicted octanol–water partition coefficient (Wildman–Crippen LogP) is 2.98. The minimum atomic E-state index is -0.433. The van der Waals surface area contributed by atoms with Crippen LogP contribution in [0.2, 0.25) is 0 Å². The zero-order valence-corrected chi connectivity index (χ0v) is 16.4. The van der Waals surface area contributed by atoms with E-state index in [0.29, 0.717) is 17.7 Å². The number of aromatic amines is 1. The Bertz CT molecular complexity index is 1020. The quantitative estimate of drug-likeness (QED) is 0.604. The van der Waals surface area contributed by atoms with Gasteiger partial charge in [0.15, 0.2) is 6.61 Å². The third kappa shape index (κ3) is 5.22. The Balaban J connectivity index is 1.44. The molecule has 0 bridgehead atoms. The molecule has 0 aliphatic rings. The summed E-state index contributed by atoms with van der Waals surface area (Å²) in [7, 11) is 3.34. The molecule has 7 heteroatoms. The van der Waals surface area contributed by atoms with Gasteiger partial charge >= 0.3 is 5.97 Å². The Morgan fingerprint density at radius 3 is 2.48 bits per heavy atom. The number of H-pyrrole nitrogens is 1. The first kappa shape index (κ1) is 20.1. The van der Waals surface area contributed by atoms with Gasteiger partial charge in [-0.2, -0.15) is 0 Å². The van der Waals surface area contributed by atoms with Crippen LogP contribution in [0.1, 0.15) is 22.3 Å². The lowest BCUT2D eigenvalue weighted by Gasteiger charge is -2.11. The number of amides is 2. The van der Waals surface area contributed by atoms with Crippen molar-refractivity contribution in [1.82, 2.24) is 9.88 Å². The van der Waals surface area contributed by atoms with Crippen molar-refractivity contribution in [3.05, 3.63) is 65.9 Å². The molecule has 1 heterocycles. The fourth-order valence-corrected chi connectivity index (χ4v) is 2.94. The highest BCUT2D eigenvalue weighted by Gasteiger charge is 2.11. The standard InChI is InChI=1S/C22H23N3O4/c1-25(2)22(28)15-7-10-17(11-8-15)24-20(26)14-29-21(27)12-9-16-13-23-19-6-4-3-5-18(16)19/h3-8,10-11,13,23H,9,12,14H2,1-2H3,(H,24,26). The van der Waals surface area contributed by atoms with Crippen LogP contribution in [0.3, 0.4) is 0 Å². The highest BCUT2D eigenvalue weighted by molar-refractivity contribution is 5.96. The van der Waals surface area contributed by atoms with Gasteiger partial charge in [0.2, 0.25) is 0 Å². The number of hydrogen-bond acceptors (Lipinski definition) is 4. The number of carbonyl (C=O) groups excluding carboxylic acids is 3. The number of nitrogens with one attached hydrogen (secondary N) is 2. The van der Waals surface area contributed by atoms with Crippen LogP contribution in [0.25, 0.3) is 10.9 Å². The van der Waals surface area contributed by atoms with Crippen molar-refractivity contribution in [2.45, 2.75) is 12.8 Å². The van der Waals surface area contributed by atoms with Crippen molar-refractivity contribution in [1.29, 1.82) is 0 Å². The highest BCUT2D eigenvalue weighted by atomic mass is 16.5. The summed E-state index contributed by atoms with van der Waals surface area (Å²) < 4.78 is 5.06. The molecular formula is C22H23N3O4. The predicted molar refractivity (Wildman–Crippen MR) is 111 cm³/mol. The Morgan fingerprint density at radius 2 is 1.76 bits per heavy atom. The zero-order chi connectivity index (χ0) is 20.8. The number of para-hydroxylation sites is 1. The van der Waals surface area contributed by atoms with Crippen LogP contribution in [0.4, 0.5) is 5.69 Å². The molecule has 0 unspecified atom stereocenters. The van der Waals surface area contributed by atoms with E-state index >= 15 is 0 Å². The van der Waals surface area contributed by atoms with E-state index in [-0.39, 0.29) is 18.9 Å². The highest BCUT2D eigenvalue weighted by Crippen LogP contribution is 2.19. The van der Waals surface area contributed by atoms with Gasteiger partial charge in [-0.15, -0.1) is 0 Å². The third-order valence-corrected chi connectivity index (χ3v) is 4.46. The summed E-state index contributed by atoms with van der Waals surface area (Å²) >= 11 is 0. The summed E-state index contributed by atoms with van der Waals surface area (Å²) in [5, 5.41) is 3.72. The first-order valence-electron chi connectivity index (χ1n) is 9.26. The molecule has 0 radical (unpaired) electrons. The number of ether oxygens (including phenoxy) is 1. The monoisotopic (exact) mass is 393 g/mol. The molecule has 3 aromatic rings. The van der Waals surface area contributed by atoms with E-state index in [2.05, 4.69) is 10.3 Å². The molecule has 0 saturated carbocycles. The molecular weight excluding hydrogens is 370 g/mol. The van der Waals surface area contributed by atoms with Gasteiger partial charge in [-0.05, 0) is 42.3 Å². The fraction of sp³-hybridized carbons (Fsp3) is 0.227. The first-order valence-corrected chi connectivity index (χ1v) is 9.26. The van der Waals surface area contributed by atoms with Gasteiger partial charge in [0.1, 0.15) is 0 Å². The van der Waals surface area contributed by atoms with Gasteiger partial charge in [0.25, 0.3) is 11.8 Å². The van der Waals surface area contributed by atoms with Crippen LogP contribution in [-0.2, 0) is 20.7 Å². The van der Waals surface area contributed by atoms with Crippen molar-refractivity contribution >= 4 is 34.4 Å². The number of rotatable bonds is 7. The van der Waals surface area contributed by atoms with Gasteiger partial charge in [-0.1, -0.05) is 18.2 Å². The lowest BCUT2D eigenvalue weighted by molar-refractivity contribution is -0.147. The molecule has 0 aliphatic carbocycles. The minimum absolute atomic E-state index is 0.119. The average molecular weight is 393 g/mol. The van der Waals surface area contributed by atoms with E-state index in [0.717, 1.165) is 16.5 Å². The Morgan fingerprint density at radius 1 is 1.03 bits per heavy atom. The van der Waals surface area contributed by atoms with Gasteiger partial charge in [0.05, 0.1) is 0 Å². The molecule has 2 amide bonds. The molecule has 0 aliphatic heterocycles. The van der Waals surface area contributed by atoms with Crippen LogP contribution in [0, 0.1) is 0 Å². The summed E-state index contributed by atoms with van der Waals surface area (Å²) in [6.45, 7) is -0.356. The zero-order valence-electron chi connectivity index (χ0n) is 16.4. The number of benzene rings is 2. The first-order chi connectivity index (χ1) is 13.9. The lowest BCUT2D eigenvalue weighted by Crippen LogP contribution is -2.22. The van der Waals surface area contributed by atoms with Crippen LogP contribution in [0.15, 0.2) is 54.7 Å². The number of carbonyl (C=O) groups is 3. The molecule has 150 valence electrons. The molecule has 3 rings (SSSR count). The summed E-state index contributed by atoms with van der Waals surface area (Å²) in [5.41, 5.74) is 3.11. The Labute approximate surface area is 168 Å². The van der Waals surface area contributed by atoms with Crippen molar-refractivity contribution in [3.63, 3.8) is 0 Å². The lowest BCUT2D eigenvalue weighted by atomic mass is 10.1. The average Bonchev–Trinajstić information content (AvgIpc) is 3.14. The number of esters is 1. The van der Waals surface area contributed by atoms with Crippen molar-refractivity contribution in [3.8, 4) is 0 Å². The van der Waals surface area contributed by atoms with Crippen LogP contribution in [-0.4, -0.2) is 48.4 Å². The van der Waals surface area contributed by atoms with Gasteiger partial charge in [-0.25, -0.2) is 0 Å². The number of hydrogen-bond donors (Lipinski definition) is 2. The molecule has 2 N–H and O–H groups in total. The number of nitrogens with zero attached hydrogens (tertiary/aromatic N) is 1. The van der Waals surface area contributed by atoms with Crippen molar-refractivity contribution < 1.29 is 19.1 Å². The van der Waals surface area contributed by atoms with Crippen LogP contribution >= 0.6 is 0 Å². The molecule has 0 fully saturated rings. The van der Waals surface area contributed by atoms with E-state index in [4.69, 9.17) is 4.74 Å². The van der Waals surface area contributed by atoms with E-state index in [1.165, 1.54) is 4.90 Å². The van der Waals surface area contributed by atoms with Crippen LogP contribution < -0.4 is 5.32 Å². The molecule has 0 saturated heterocycles. The Hall–Kier alpha value is -3.61. The Kier molecular flexibility index (Phi) is 6.29. The molecule has 2 aromatic carbocycles. The summed E-state index contributed by atoms with van der Waals surface area (Å²) in [6, 6.07) is 14.4. The molecule has 7 nitrogen and oxygen atoms in total. The van der Waals surface area contributed by atoms with E-state index in [1.807, 2.05) is 30.5 Å². The second kappa shape index (κ2) is 9.05. The normalized spacial score (nSPS) is 10.6. The van der Waals surface area contributed by atoms with Crippen LogP contribution in [0.5, 0.6) is 0 Å². The third-order valence-electron chi connectivity index (χ3n) is 4.46. The van der Waals surface area contributed by atoms with Gasteiger partial charge in [0, 0.05) is 48.9 Å². The second-order valence-corrected chi connectivity index (χ2v) is 6.85. The minimum Gasteiger partial charge on any atom is -0.456 e. The summed E-state index contributed by atoms with van der Waals surface area (Å²) in [5.74, 6) is -0.985. The van der Waals surface area contributed by atoms with Gasteiger partial charge < -0.3 is 19.9 Å². The number of aryl methyl sites for hydroxylation is 1. The molecule has 29 heavy (non-hydrogen) atoms. The maximum absolute atomic E-state index is 12.0. The largest absolute Gasteiger partial charge is 0.456 e.